The van der Waals surface area contributed by atoms with E-state index in [-0.39, 0.29) is 16.9 Å². The van der Waals surface area contributed by atoms with E-state index in [4.69, 9.17) is 4.74 Å². The van der Waals surface area contributed by atoms with Crippen molar-refractivity contribution in [2.75, 3.05) is 50.7 Å². The predicted molar refractivity (Wildman–Crippen MR) is 162 cm³/mol. The molecule has 5 heterocycles. The van der Waals surface area contributed by atoms with Gasteiger partial charge in [0.25, 0.3) is 5.91 Å². The molecule has 3 aromatic carbocycles. The fourth-order valence-electron chi connectivity index (χ4n) is 7.34. The Hall–Kier alpha value is -3.88. The normalized spacial score (nSPS) is 21.6. The van der Waals surface area contributed by atoms with Gasteiger partial charge >= 0.3 is 0 Å². The molecule has 0 saturated carbocycles. The summed E-state index contributed by atoms with van der Waals surface area (Å²) in [4.78, 5) is 32.0. The third kappa shape index (κ3) is 4.19. The first-order chi connectivity index (χ1) is 20.1. The first-order valence-corrected chi connectivity index (χ1v) is 15.1. The number of likely N-dealkylation sites (tertiary alicyclic amines) is 1. The molecule has 2 N–H and O–H groups in total. The maximum absolute atomic E-state index is 13.8. The molecule has 0 radical (unpaired) electrons. The van der Waals surface area contributed by atoms with Gasteiger partial charge in [0.15, 0.2) is 11.5 Å². The van der Waals surface area contributed by atoms with E-state index in [1.54, 1.807) is 6.20 Å². The summed E-state index contributed by atoms with van der Waals surface area (Å²) in [6.07, 6.45) is 6.58. The summed E-state index contributed by atoms with van der Waals surface area (Å²) in [5.41, 5.74) is 2.47. The zero-order chi connectivity index (χ0) is 27.5. The summed E-state index contributed by atoms with van der Waals surface area (Å²) in [6.45, 7) is 6.42. The molecular formula is C33H35N5O3. The average Bonchev–Trinajstić information content (AvgIpc) is 3.67. The number of aromatic nitrogens is 1. The Kier molecular flexibility index (Phi) is 6.00. The summed E-state index contributed by atoms with van der Waals surface area (Å²) in [6, 6.07) is 16.7. The van der Waals surface area contributed by atoms with Gasteiger partial charge in [-0.1, -0.05) is 24.3 Å². The van der Waals surface area contributed by atoms with Gasteiger partial charge in [-0.25, -0.2) is 0 Å². The monoisotopic (exact) mass is 549 g/mol. The maximum atomic E-state index is 13.8. The van der Waals surface area contributed by atoms with Gasteiger partial charge in [-0.3, -0.25) is 9.59 Å². The van der Waals surface area contributed by atoms with Crippen molar-refractivity contribution in [3.05, 3.63) is 70.5 Å². The average molecular weight is 550 g/mol. The number of fused-ring (bicyclic) bond motifs is 4. The molecule has 210 valence electrons. The standard InChI is InChI=1S/C33H35N5O3/c39-31-24-9-10-27(37-18-23-8-5-11-34-26(23)20-37)32-30(24)38(19-25(31)33(40)35-12-15-36-13-3-4-14-36)28-16-21-6-1-2-7-22(21)17-29(28)41-32/h1-2,6-7,9-10,16-17,19,23,26,34H,3-5,8,11-15,18,20H2,(H,35,40). The Balaban J connectivity index is 1.25. The number of nitrogens with zero attached hydrogens (tertiary/aromatic N) is 3. The SMILES string of the molecule is O=C(NCCN1CCCC1)c1cn2c3c(c(N4CC5CCCNC5C4)ccc3c1=O)Oc1cc3ccccc3cc1-2. The van der Waals surface area contributed by atoms with Crippen LogP contribution in [0.15, 0.2) is 59.5 Å². The van der Waals surface area contributed by atoms with Crippen molar-refractivity contribution in [3.8, 4) is 17.2 Å². The molecule has 0 aliphatic carbocycles. The second kappa shape index (κ2) is 9.89. The van der Waals surface area contributed by atoms with E-state index in [9.17, 15) is 9.59 Å². The van der Waals surface area contributed by atoms with Crippen molar-refractivity contribution in [3.63, 3.8) is 0 Å². The number of ether oxygens (including phenoxy) is 1. The lowest BCUT2D eigenvalue weighted by atomic mass is 9.94. The molecule has 0 spiro atoms. The molecule has 1 amide bonds. The summed E-state index contributed by atoms with van der Waals surface area (Å²) >= 11 is 0. The van der Waals surface area contributed by atoms with Crippen LogP contribution in [0.2, 0.25) is 0 Å². The first-order valence-electron chi connectivity index (χ1n) is 15.1. The molecule has 8 rings (SSSR count). The fourth-order valence-corrected chi connectivity index (χ4v) is 7.34. The molecule has 4 aliphatic rings. The van der Waals surface area contributed by atoms with Crippen LogP contribution in [0.25, 0.3) is 27.4 Å². The second-order valence-corrected chi connectivity index (χ2v) is 12.0. The number of carbonyl (C=O) groups excluding carboxylic acids is 1. The van der Waals surface area contributed by atoms with E-state index in [0.717, 1.165) is 72.7 Å². The van der Waals surface area contributed by atoms with E-state index < -0.39 is 0 Å². The van der Waals surface area contributed by atoms with Crippen molar-refractivity contribution in [2.24, 2.45) is 5.92 Å². The van der Waals surface area contributed by atoms with Gasteiger partial charge in [0, 0.05) is 38.4 Å². The third-order valence-electron chi connectivity index (χ3n) is 9.49. The lowest BCUT2D eigenvalue weighted by molar-refractivity contribution is 0.0948. The summed E-state index contributed by atoms with van der Waals surface area (Å²) in [7, 11) is 0. The van der Waals surface area contributed by atoms with E-state index in [0.29, 0.717) is 29.6 Å². The van der Waals surface area contributed by atoms with Gasteiger partial charge in [0.1, 0.15) is 11.1 Å². The first kappa shape index (κ1) is 24.9. The number of hydrogen-bond acceptors (Lipinski definition) is 6. The van der Waals surface area contributed by atoms with Crippen molar-refractivity contribution in [1.29, 1.82) is 0 Å². The zero-order valence-corrected chi connectivity index (χ0v) is 23.2. The lowest BCUT2D eigenvalue weighted by Gasteiger charge is -2.29. The van der Waals surface area contributed by atoms with E-state index in [1.165, 1.54) is 25.7 Å². The Morgan fingerprint density at radius 1 is 1.00 bits per heavy atom. The van der Waals surface area contributed by atoms with Gasteiger partial charge in [-0.2, -0.15) is 0 Å². The van der Waals surface area contributed by atoms with Gasteiger partial charge in [-0.15, -0.1) is 0 Å². The molecule has 2 atom stereocenters. The van der Waals surface area contributed by atoms with Crippen LogP contribution in [-0.2, 0) is 0 Å². The third-order valence-corrected chi connectivity index (χ3v) is 9.49. The van der Waals surface area contributed by atoms with Crippen LogP contribution < -0.4 is 25.7 Å². The van der Waals surface area contributed by atoms with Crippen molar-refractivity contribution >= 4 is 33.3 Å². The minimum atomic E-state index is -0.325. The highest BCUT2D eigenvalue weighted by atomic mass is 16.5. The van der Waals surface area contributed by atoms with Crippen molar-refractivity contribution in [2.45, 2.75) is 31.7 Å². The smallest absolute Gasteiger partial charge is 0.256 e. The van der Waals surface area contributed by atoms with Gasteiger partial charge in [-0.05, 0) is 86.3 Å². The number of nitrogens with one attached hydrogen (secondary N) is 2. The van der Waals surface area contributed by atoms with Crippen LogP contribution in [0, 0.1) is 5.92 Å². The van der Waals surface area contributed by atoms with Crippen LogP contribution in [0.4, 0.5) is 5.69 Å². The van der Waals surface area contributed by atoms with Crippen molar-refractivity contribution < 1.29 is 9.53 Å². The highest BCUT2D eigenvalue weighted by Gasteiger charge is 2.37. The molecule has 8 nitrogen and oxygen atoms in total. The molecule has 41 heavy (non-hydrogen) atoms. The van der Waals surface area contributed by atoms with Gasteiger partial charge in [0.2, 0.25) is 5.43 Å². The summed E-state index contributed by atoms with van der Waals surface area (Å²) in [5, 5.41) is 9.37. The zero-order valence-electron chi connectivity index (χ0n) is 23.2. The Morgan fingerprint density at radius 2 is 1.83 bits per heavy atom. The molecule has 3 fully saturated rings. The number of anilines is 1. The number of benzene rings is 3. The largest absolute Gasteiger partial charge is 0.451 e. The van der Waals surface area contributed by atoms with Crippen LogP contribution in [-0.4, -0.2) is 67.2 Å². The molecule has 4 aliphatic heterocycles. The number of rotatable bonds is 5. The molecule has 4 aromatic rings. The van der Waals surface area contributed by atoms with E-state index in [2.05, 4.69) is 44.7 Å². The van der Waals surface area contributed by atoms with Crippen LogP contribution in [0.5, 0.6) is 11.5 Å². The Bertz CT molecular complexity index is 1730. The molecule has 0 bridgehead atoms. The van der Waals surface area contributed by atoms with Crippen LogP contribution >= 0.6 is 0 Å². The maximum Gasteiger partial charge on any atom is 0.256 e. The lowest BCUT2D eigenvalue weighted by Crippen LogP contribution is -2.40. The van der Waals surface area contributed by atoms with Gasteiger partial charge in [0.05, 0.1) is 16.8 Å². The molecular weight excluding hydrogens is 514 g/mol. The number of hydrogen-bond donors (Lipinski definition) is 2. The van der Waals surface area contributed by atoms with Crippen molar-refractivity contribution in [1.82, 2.24) is 20.1 Å². The Morgan fingerprint density at radius 3 is 2.66 bits per heavy atom. The number of pyridine rings is 1. The number of carbonyl (C=O) groups is 1. The second-order valence-electron chi connectivity index (χ2n) is 12.0. The van der Waals surface area contributed by atoms with Gasteiger partial charge < -0.3 is 29.7 Å². The molecule has 2 unspecified atom stereocenters. The minimum absolute atomic E-state index is 0.162. The number of amides is 1. The van der Waals surface area contributed by atoms with E-state index >= 15 is 0 Å². The summed E-state index contributed by atoms with van der Waals surface area (Å²) < 4.78 is 8.72. The Labute approximate surface area is 238 Å². The number of piperidine rings is 1. The quantitative estimate of drug-likeness (QED) is 0.341. The van der Waals surface area contributed by atoms with Crippen LogP contribution in [0.3, 0.4) is 0 Å². The molecule has 8 heteroatoms. The highest BCUT2D eigenvalue weighted by Crippen LogP contribution is 2.47. The van der Waals surface area contributed by atoms with E-state index in [1.807, 2.05) is 28.8 Å². The topological polar surface area (TPSA) is 78.8 Å². The molecule has 3 saturated heterocycles. The predicted octanol–water partition coefficient (Wildman–Crippen LogP) is 4.26. The highest BCUT2D eigenvalue weighted by molar-refractivity contribution is 6.02. The summed E-state index contributed by atoms with van der Waals surface area (Å²) in [5.74, 6) is 1.71. The fraction of sp³-hybridized carbons (Fsp3) is 0.394. The molecule has 1 aromatic heterocycles. The minimum Gasteiger partial charge on any atom is -0.451 e. The van der Waals surface area contributed by atoms with Crippen LogP contribution in [0.1, 0.15) is 36.0 Å².